The number of carbonyl (C=O) groups excluding carboxylic acids is 1. The first-order valence-electron chi connectivity index (χ1n) is 8.32. The van der Waals surface area contributed by atoms with Crippen molar-refractivity contribution in [1.29, 1.82) is 0 Å². The Kier molecular flexibility index (Phi) is 5.09. The Morgan fingerprint density at radius 1 is 1.21 bits per heavy atom. The molecule has 4 nitrogen and oxygen atoms in total. The standard InChI is InChI=1S/C19H22N2O2S/c1-13(2)18(24-17-8-3-4-11-21(17)23)19(22)20-16-10-9-14-6-5-7-15(14)12-16/h3-4,8-13,18H,5-7H2,1-2H3,(H,20,22)/t18-/m0/s1. The number of nitrogens with zero attached hydrogens (tertiary/aromatic N) is 1. The minimum Gasteiger partial charge on any atom is -0.618 e. The molecule has 0 saturated heterocycles. The second-order valence-corrected chi connectivity index (χ2v) is 7.64. The van der Waals surface area contributed by atoms with Crippen molar-refractivity contribution in [1.82, 2.24) is 0 Å². The Balaban J connectivity index is 1.74. The van der Waals surface area contributed by atoms with E-state index >= 15 is 0 Å². The molecule has 1 aliphatic carbocycles. The summed E-state index contributed by atoms with van der Waals surface area (Å²) >= 11 is 1.31. The van der Waals surface area contributed by atoms with Crippen molar-refractivity contribution in [3.63, 3.8) is 0 Å². The fraction of sp³-hybridized carbons (Fsp3) is 0.368. The maximum atomic E-state index is 12.7. The van der Waals surface area contributed by atoms with E-state index in [-0.39, 0.29) is 17.1 Å². The average Bonchev–Trinajstić information content (AvgIpc) is 3.01. The van der Waals surface area contributed by atoms with E-state index in [4.69, 9.17) is 0 Å². The van der Waals surface area contributed by atoms with Crippen molar-refractivity contribution < 1.29 is 9.52 Å². The Morgan fingerprint density at radius 2 is 2.00 bits per heavy atom. The lowest BCUT2D eigenvalue weighted by molar-refractivity contribution is -0.645. The van der Waals surface area contributed by atoms with Crippen LogP contribution in [0.15, 0.2) is 47.6 Å². The van der Waals surface area contributed by atoms with E-state index in [1.54, 1.807) is 12.1 Å². The molecule has 1 N–H and O–H groups in total. The van der Waals surface area contributed by atoms with Gasteiger partial charge < -0.3 is 10.5 Å². The van der Waals surface area contributed by atoms with Crippen LogP contribution in [0.4, 0.5) is 5.69 Å². The van der Waals surface area contributed by atoms with E-state index < -0.39 is 0 Å². The molecule has 2 aromatic rings. The minimum absolute atomic E-state index is 0.0585. The number of fused-ring (bicyclic) bond motifs is 1. The zero-order valence-corrected chi connectivity index (χ0v) is 14.8. The Morgan fingerprint density at radius 3 is 2.75 bits per heavy atom. The smallest absolute Gasteiger partial charge is 0.252 e. The molecule has 1 aromatic carbocycles. The molecule has 3 rings (SSSR count). The maximum Gasteiger partial charge on any atom is 0.252 e. The second kappa shape index (κ2) is 7.26. The SMILES string of the molecule is CC(C)[C@H](Sc1cccc[n+]1[O-])C(=O)Nc1ccc2c(c1)CCC2. The highest BCUT2D eigenvalue weighted by molar-refractivity contribution is 8.00. The van der Waals surface area contributed by atoms with Crippen LogP contribution in [0.5, 0.6) is 0 Å². The lowest BCUT2D eigenvalue weighted by atomic mass is 10.1. The summed E-state index contributed by atoms with van der Waals surface area (Å²) in [6.45, 7) is 4.00. The van der Waals surface area contributed by atoms with E-state index in [1.807, 2.05) is 26.0 Å². The molecule has 0 unspecified atom stereocenters. The van der Waals surface area contributed by atoms with Crippen molar-refractivity contribution in [3.05, 3.63) is 58.9 Å². The molecule has 0 fully saturated rings. The number of thioether (sulfide) groups is 1. The molecule has 126 valence electrons. The van der Waals surface area contributed by atoms with Crippen LogP contribution in [-0.2, 0) is 17.6 Å². The summed E-state index contributed by atoms with van der Waals surface area (Å²) in [6, 6.07) is 11.4. The number of rotatable bonds is 5. The van der Waals surface area contributed by atoms with Gasteiger partial charge in [-0.2, -0.15) is 4.73 Å². The van der Waals surface area contributed by atoms with Gasteiger partial charge in [0, 0.05) is 17.8 Å². The number of aryl methyl sites for hydroxylation is 2. The fourth-order valence-electron chi connectivity index (χ4n) is 2.99. The van der Waals surface area contributed by atoms with Crippen molar-refractivity contribution in [2.75, 3.05) is 5.32 Å². The van der Waals surface area contributed by atoms with Crippen LogP contribution in [0, 0.1) is 11.1 Å². The highest BCUT2D eigenvalue weighted by atomic mass is 32.2. The molecule has 1 heterocycles. The number of hydrogen-bond acceptors (Lipinski definition) is 3. The molecule has 0 spiro atoms. The van der Waals surface area contributed by atoms with Gasteiger partial charge in [0.1, 0.15) is 0 Å². The van der Waals surface area contributed by atoms with Crippen molar-refractivity contribution >= 4 is 23.4 Å². The van der Waals surface area contributed by atoms with Gasteiger partial charge in [0.2, 0.25) is 5.91 Å². The van der Waals surface area contributed by atoms with Crippen LogP contribution in [0.25, 0.3) is 0 Å². The van der Waals surface area contributed by atoms with Crippen LogP contribution < -0.4 is 10.0 Å². The van der Waals surface area contributed by atoms with Crippen LogP contribution in [0.3, 0.4) is 0 Å². The summed E-state index contributed by atoms with van der Waals surface area (Å²) in [4.78, 5) is 12.7. The highest BCUT2D eigenvalue weighted by Crippen LogP contribution is 2.28. The summed E-state index contributed by atoms with van der Waals surface area (Å²) in [5.41, 5.74) is 3.57. The zero-order chi connectivity index (χ0) is 17.1. The predicted molar refractivity (Wildman–Crippen MR) is 97.0 cm³/mol. The predicted octanol–water partition coefficient (Wildman–Crippen LogP) is 3.56. The Hall–Kier alpha value is -2.01. The summed E-state index contributed by atoms with van der Waals surface area (Å²) in [5.74, 6) is 0.0569. The average molecular weight is 342 g/mol. The van der Waals surface area contributed by atoms with E-state index in [9.17, 15) is 10.0 Å². The molecule has 1 aromatic heterocycles. The van der Waals surface area contributed by atoms with Gasteiger partial charge in [0.05, 0.1) is 5.25 Å². The van der Waals surface area contributed by atoms with Crippen LogP contribution in [0.2, 0.25) is 0 Å². The van der Waals surface area contributed by atoms with E-state index in [0.717, 1.165) is 23.3 Å². The highest BCUT2D eigenvalue weighted by Gasteiger charge is 2.27. The molecule has 24 heavy (non-hydrogen) atoms. The Labute approximate surface area is 146 Å². The molecule has 1 amide bonds. The number of aromatic nitrogens is 1. The first-order chi connectivity index (χ1) is 11.5. The van der Waals surface area contributed by atoms with Gasteiger partial charge in [0.25, 0.3) is 5.03 Å². The number of hydrogen-bond donors (Lipinski definition) is 1. The monoisotopic (exact) mass is 342 g/mol. The third kappa shape index (κ3) is 3.73. The third-order valence-electron chi connectivity index (χ3n) is 4.27. The van der Waals surface area contributed by atoms with Gasteiger partial charge >= 0.3 is 0 Å². The Bertz CT molecular complexity index is 746. The molecule has 0 aliphatic heterocycles. The van der Waals surface area contributed by atoms with E-state index in [2.05, 4.69) is 17.4 Å². The quantitative estimate of drug-likeness (QED) is 0.513. The van der Waals surface area contributed by atoms with Gasteiger partial charge in [-0.05, 0) is 66.3 Å². The number of amides is 1. The molecular formula is C19H22N2O2S. The summed E-state index contributed by atoms with van der Waals surface area (Å²) in [5, 5.41) is 15.1. The molecular weight excluding hydrogens is 320 g/mol. The lowest BCUT2D eigenvalue weighted by Gasteiger charge is -2.19. The number of carbonyl (C=O) groups is 1. The van der Waals surface area contributed by atoms with Crippen molar-refractivity contribution in [3.8, 4) is 0 Å². The zero-order valence-electron chi connectivity index (χ0n) is 14.0. The maximum absolute atomic E-state index is 12.7. The van der Waals surface area contributed by atoms with Gasteiger partial charge in [-0.15, -0.1) is 0 Å². The first-order valence-corrected chi connectivity index (χ1v) is 9.20. The lowest BCUT2D eigenvalue weighted by Crippen LogP contribution is -2.34. The summed E-state index contributed by atoms with van der Waals surface area (Å²) in [7, 11) is 0. The van der Waals surface area contributed by atoms with Gasteiger partial charge in [-0.25, -0.2) is 0 Å². The number of pyridine rings is 1. The van der Waals surface area contributed by atoms with Gasteiger partial charge in [0.15, 0.2) is 6.20 Å². The molecule has 0 bridgehead atoms. The first kappa shape index (κ1) is 16.8. The largest absolute Gasteiger partial charge is 0.618 e. The minimum atomic E-state index is -0.319. The normalized spacial score (nSPS) is 14.5. The van der Waals surface area contributed by atoms with Gasteiger partial charge in [-0.3, -0.25) is 4.79 Å². The third-order valence-corrected chi connectivity index (χ3v) is 5.84. The molecule has 0 radical (unpaired) electrons. The van der Waals surface area contributed by atoms with Crippen LogP contribution in [-0.4, -0.2) is 11.2 Å². The van der Waals surface area contributed by atoms with Crippen LogP contribution in [0.1, 0.15) is 31.4 Å². The number of benzene rings is 1. The number of nitrogens with one attached hydrogen (secondary N) is 1. The van der Waals surface area contributed by atoms with Crippen LogP contribution >= 0.6 is 11.8 Å². The van der Waals surface area contributed by atoms with Crippen molar-refractivity contribution in [2.45, 2.75) is 43.4 Å². The molecule has 0 saturated carbocycles. The summed E-state index contributed by atoms with van der Waals surface area (Å²) < 4.78 is 0.808. The van der Waals surface area contributed by atoms with E-state index in [0.29, 0.717) is 5.03 Å². The van der Waals surface area contributed by atoms with E-state index in [1.165, 1.54) is 35.5 Å². The van der Waals surface area contributed by atoms with Gasteiger partial charge in [-0.1, -0.05) is 19.9 Å². The molecule has 1 aliphatic rings. The summed E-state index contributed by atoms with van der Waals surface area (Å²) in [6.07, 6.45) is 4.86. The molecule has 1 atom stereocenters. The number of anilines is 1. The molecule has 5 heteroatoms. The second-order valence-electron chi connectivity index (χ2n) is 6.47. The topological polar surface area (TPSA) is 56.0 Å². The van der Waals surface area contributed by atoms with Crippen molar-refractivity contribution in [2.24, 2.45) is 5.92 Å². The fourth-order valence-corrected chi connectivity index (χ4v) is 4.01.